The van der Waals surface area contributed by atoms with Crippen LogP contribution in [0.2, 0.25) is 0 Å². The summed E-state index contributed by atoms with van der Waals surface area (Å²) in [5.74, 6) is 0.425. The Hall–Kier alpha value is -3.56. The highest BCUT2D eigenvalue weighted by molar-refractivity contribution is 5.96. The topological polar surface area (TPSA) is 112 Å². The highest BCUT2D eigenvalue weighted by Crippen LogP contribution is 2.43. The summed E-state index contributed by atoms with van der Waals surface area (Å²) in [6.07, 6.45) is 1.51. The molecule has 33 heavy (non-hydrogen) atoms. The van der Waals surface area contributed by atoms with E-state index >= 15 is 0 Å². The molecule has 1 aliphatic heterocycles. The third-order valence-corrected chi connectivity index (χ3v) is 6.19. The van der Waals surface area contributed by atoms with E-state index in [9.17, 15) is 9.90 Å². The van der Waals surface area contributed by atoms with Gasteiger partial charge in [0.15, 0.2) is 0 Å². The predicted molar refractivity (Wildman–Crippen MR) is 126 cm³/mol. The Kier molecular flexibility index (Phi) is 5.65. The number of rotatable bonds is 6. The lowest BCUT2D eigenvalue weighted by molar-refractivity contribution is 0.265. The molecule has 170 valence electrons. The number of aromatic amines is 1. The summed E-state index contributed by atoms with van der Waals surface area (Å²) in [5.41, 5.74) is 3.78. The third kappa shape index (κ3) is 3.90. The first-order valence-electron chi connectivity index (χ1n) is 11.0. The number of hydrogen-bond acceptors (Lipinski definition) is 7. The molecule has 4 aromatic rings. The molecule has 3 N–H and O–H groups in total. The molecule has 2 aromatic carbocycles. The molecule has 2 unspecified atom stereocenters. The second-order valence-electron chi connectivity index (χ2n) is 8.68. The van der Waals surface area contributed by atoms with Gasteiger partial charge in [-0.25, -0.2) is 14.8 Å². The van der Waals surface area contributed by atoms with Crippen molar-refractivity contribution in [3.05, 3.63) is 81.8 Å². The van der Waals surface area contributed by atoms with Gasteiger partial charge >= 0.3 is 0 Å². The van der Waals surface area contributed by atoms with E-state index in [-0.39, 0.29) is 24.0 Å². The van der Waals surface area contributed by atoms with E-state index in [1.165, 1.54) is 11.9 Å². The van der Waals surface area contributed by atoms with Gasteiger partial charge in [-0.1, -0.05) is 30.3 Å². The van der Waals surface area contributed by atoms with Crippen molar-refractivity contribution in [1.29, 1.82) is 0 Å². The molecule has 9 heteroatoms. The van der Waals surface area contributed by atoms with Gasteiger partial charge < -0.3 is 15.3 Å². The zero-order valence-electron chi connectivity index (χ0n) is 18.7. The standard InChI is InChI=1S/C24H27N7O2/c1-30(2)13-15-6-8-16(9-7-15)18-12-25-19-5-3-4-17-20(19)22(28-29-24(17)33)21(18)23-26-14-27-31(23)10-11-32/h3-9,14,18,21,25,32H,10-13H2,1-2H3,(H,29,33). The van der Waals surface area contributed by atoms with E-state index in [0.717, 1.165) is 28.9 Å². The molecule has 5 rings (SSSR count). The lowest BCUT2D eigenvalue weighted by atomic mass is 9.82. The van der Waals surface area contributed by atoms with Gasteiger partial charge in [-0.15, -0.1) is 0 Å². The number of benzene rings is 2. The average Bonchev–Trinajstić information content (AvgIpc) is 3.19. The minimum atomic E-state index is -0.269. The fourth-order valence-electron chi connectivity index (χ4n) is 4.77. The van der Waals surface area contributed by atoms with Crippen LogP contribution in [0.5, 0.6) is 0 Å². The molecular weight excluding hydrogens is 418 g/mol. The van der Waals surface area contributed by atoms with E-state index < -0.39 is 0 Å². The number of aliphatic hydroxyl groups excluding tert-OH is 1. The van der Waals surface area contributed by atoms with Gasteiger partial charge in [-0.2, -0.15) is 10.2 Å². The van der Waals surface area contributed by atoms with Crippen molar-refractivity contribution in [2.45, 2.75) is 24.9 Å². The maximum absolute atomic E-state index is 12.6. The van der Waals surface area contributed by atoms with E-state index in [4.69, 9.17) is 0 Å². The van der Waals surface area contributed by atoms with Crippen LogP contribution in [-0.4, -0.2) is 62.2 Å². The van der Waals surface area contributed by atoms with Crippen LogP contribution < -0.4 is 10.9 Å². The summed E-state index contributed by atoms with van der Waals surface area (Å²) in [6.45, 7) is 1.79. The zero-order chi connectivity index (χ0) is 22.9. The van der Waals surface area contributed by atoms with Crippen LogP contribution in [-0.2, 0) is 13.1 Å². The number of H-pyrrole nitrogens is 1. The third-order valence-electron chi connectivity index (χ3n) is 6.19. The molecule has 0 saturated carbocycles. The Morgan fingerprint density at radius 1 is 1.18 bits per heavy atom. The van der Waals surface area contributed by atoms with Crippen LogP contribution in [0.4, 0.5) is 5.69 Å². The number of nitrogens with zero attached hydrogens (tertiary/aromatic N) is 5. The summed E-state index contributed by atoms with van der Waals surface area (Å²) in [4.78, 5) is 19.3. The highest BCUT2D eigenvalue weighted by Gasteiger charge is 2.36. The largest absolute Gasteiger partial charge is 0.394 e. The molecule has 0 saturated heterocycles. The molecule has 1 aliphatic rings. The van der Waals surface area contributed by atoms with Crippen molar-refractivity contribution in [1.82, 2.24) is 29.9 Å². The quantitative estimate of drug-likeness (QED) is 0.416. The van der Waals surface area contributed by atoms with Crippen molar-refractivity contribution < 1.29 is 5.11 Å². The molecule has 0 amide bonds. The van der Waals surface area contributed by atoms with Gasteiger partial charge in [0.05, 0.1) is 30.1 Å². The Labute approximate surface area is 191 Å². The first kappa shape index (κ1) is 21.3. The molecule has 2 aromatic heterocycles. The van der Waals surface area contributed by atoms with Crippen LogP contribution in [0.1, 0.15) is 34.5 Å². The lowest BCUT2D eigenvalue weighted by Crippen LogP contribution is -2.24. The highest BCUT2D eigenvalue weighted by atomic mass is 16.3. The Morgan fingerprint density at radius 3 is 2.76 bits per heavy atom. The van der Waals surface area contributed by atoms with Crippen LogP contribution in [0.3, 0.4) is 0 Å². The minimum Gasteiger partial charge on any atom is -0.394 e. The molecule has 3 heterocycles. The van der Waals surface area contributed by atoms with Crippen LogP contribution >= 0.6 is 0 Å². The van der Waals surface area contributed by atoms with Crippen molar-refractivity contribution in [2.24, 2.45) is 0 Å². The number of anilines is 1. The number of aliphatic hydroxyl groups is 1. The molecular formula is C24H27N7O2. The fourth-order valence-corrected chi connectivity index (χ4v) is 4.77. The van der Waals surface area contributed by atoms with E-state index in [1.54, 1.807) is 4.68 Å². The molecule has 0 radical (unpaired) electrons. The monoisotopic (exact) mass is 445 g/mol. The van der Waals surface area contributed by atoms with E-state index in [0.29, 0.717) is 24.3 Å². The van der Waals surface area contributed by atoms with E-state index in [1.807, 2.05) is 18.2 Å². The first-order valence-corrected chi connectivity index (χ1v) is 11.0. The normalized spacial score (nSPS) is 17.8. The molecule has 0 bridgehead atoms. The Balaban J connectivity index is 1.70. The summed E-state index contributed by atoms with van der Waals surface area (Å²) < 4.78 is 1.73. The Bertz CT molecular complexity index is 1330. The lowest BCUT2D eigenvalue weighted by Gasteiger charge is -2.26. The van der Waals surface area contributed by atoms with Gasteiger partial charge in [-0.05, 0) is 37.4 Å². The van der Waals surface area contributed by atoms with Crippen LogP contribution in [0, 0.1) is 0 Å². The van der Waals surface area contributed by atoms with Crippen molar-refractivity contribution in [2.75, 3.05) is 32.6 Å². The summed E-state index contributed by atoms with van der Waals surface area (Å²) in [7, 11) is 4.11. The van der Waals surface area contributed by atoms with Crippen molar-refractivity contribution in [3.63, 3.8) is 0 Å². The van der Waals surface area contributed by atoms with Crippen molar-refractivity contribution in [3.8, 4) is 0 Å². The second kappa shape index (κ2) is 8.76. The predicted octanol–water partition coefficient (Wildman–Crippen LogP) is 1.91. The SMILES string of the molecule is CN(C)Cc1ccc(C2CNc3cccc4c(=O)[nH]nc(c34)C2c2ncnn2CCO)cc1. The van der Waals surface area contributed by atoms with Gasteiger partial charge in [0.2, 0.25) is 0 Å². The number of nitrogens with one attached hydrogen (secondary N) is 2. The molecule has 0 spiro atoms. The summed E-state index contributed by atoms with van der Waals surface area (Å²) >= 11 is 0. The van der Waals surface area contributed by atoms with Gasteiger partial charge in [0, 0.05) is 30.1 Å². The average molecular weight is 446 g/mol. The van der Waals surface area contributed by atoms with E-state index in [2.05, 4.69) is 68.9 Å². The minimum absolute atomic E-state index is 0.0194. The first-order chi connectivity index (χ1) is 16.1. The van der Waals surface area contributed by atoms with Gasteiger partial charge in [-0.3, -0.25) is 4.79 Å². The van der Waals surface area contributed by atoms with Crippen LogP contribution in [0.25, 0.3) is 10.8 Å². The summed E-state index contributed by atoms with van der Waals surface area (Å²) in [5, 5.41) is 26.1. The smallest absolute Gasteiger partial charge is 0.272 e. The number of aromatic nitrogens is 5. The second-order valence-corrected chi connectivity index (χ2v) is 8.68. The molecule has 2 atom stereocenters. The summed E-state index contributed by atoms with van der Waals surface area (Å²) in [6, 6.07) is 14.3. The fraction of sp³-hybridized carbons (Fsp3) is 0.333. The number of hydrogen-bond donors (Lipinski definition) is 3. The maximum Gasteiger partial charge on any atom is 0.272 e. The Morgan fingerprint density at radius 2 is 2.00 bits per heavy atom. The molecule has 0 fully saturated rings. The van der Waals surface area contributed by atoms with Gasteiger partial charge in [0.1, 0.15) is 12.2 Å². The molecule has 9 nitrogen and oxygen atoms in total. The zero-order valence-corrected chi connectivity index (χ0v) is 18.7. The molecule has 0 aliphatic carbocycles. The van der Waals surface area contributed by atoms with Gasteiger partial charge in [0.25, 0.3) is 5.56 Å². The maximum atomic E-state index is 12.6. The van der Waals surface area contributed by atoms with Crippen LogP contribution in [0.15, 0.2) is 53.6 Å². The van der Waals surface area contributed by atoms with Crippen molar-refractivity contribution >= 4 is 16.5 Å².